The molecule has 1 aromatic heterocycles. The zero-order chi connectivity index (χ0) is 22.4. The summed E-state index contributed by atoms with van der Waals surface area (Å²) in [7, 11) is -6.97. The molecule has 0 saturated carbocycles. The van der Waals surface area contributed by atoms with Gasteiger partial charge in [-0.05, 0) is 42.7 Å². The summed E-state index contributed by atoms with van der Waals surface area (Å²) in [5, 5.41) is 3.02. The maximum Gasteiger partial charge on any atom is 0.244 e. The molecule has 2 aromatic carbocycles. The van der Waals surface area contributed by atoms with E-state index in [2.05, 4.69) is 10.3 Å². The lowest BCUT2D eigenvalue weighted by Crippen LogP contribution is -2.51. The van der Waals surface area contributed by atoms with E-state index in [0.29, 0.717) is 15.3 Å². The number of amides is 1. The molecule has 1 unspecified atom stereocenters. The van der Waals surface area contributed by atoms with E-state index in [4.69, 9.17) is 0 Å². The molecule has 3 aromatic rings. The van der Waals surface area contributed by atoms with Crippen LogP contribution >= 0.6 is 11.3 Å². The molecule has 1 aliphatic heterocycles. The largest absolute Gasteiger partial charge is 0.301 e. The molecular weight excluding hydrogens is 458 g/mol. The lowest BCUT2D eigenvalue weighted by atomic mass is 9.95. The molecule has 0 fully saturated rings. The van der Waals surface area contributed by atoms with Gasteiger partial charge in [0, 0.05) is 12.8 Å². The Morgan fingerprint density at radius 1 is 1.16 bits per heavy atom. The maximum atomic E-state index is 13.1. The third kappa shape index (κ3) is 4.36. The number of sulfonamides is 1. The zero-order valence-corrected chi connectivity index (χ0v) is 19.4. The molecule has 0 aliphatic carbocycles. The zero-order valence-electron chi connectivity index (χ0n) is 16.9. The van der Waals surface area contributed by atoms with E-state index in [1.54, 1.807) is 13.0 Å². The van der Waals surface area contributed by atoms with E-state index in [0.717, 1.165) is 28.7 Å². The summed E-state index contributed by atoms with van der Waals surface area (Å²) in [6, 6.07) is 11.2. The first kappa shape index (κ1) is 21.9. The van der Waals surface area contributed by atoms with Crippen LogP contribution < -0.4 is 5.32 Å². The summed E-state index contributed by atoms with van der Waals surface area (Å²) in [6.07, 6.45) is 1.39. The van der Waals surface area contributed by atoms with E-state index in [1.165, 1.54) is 16.4 Å². The molecule has 0 radical (unpaired) electrons. The monoisotopic (exact) mass is 479 g/mol. The number of thiazole rings is 1. The first-order valence-corrected chi connectivity index (χ1v) is 13.9. The Labute approximate surface area is 184 Å². The molecule has 164 valence electrons. The Bertz CT molecular complexity index is 1380. The normalized spacial score (nSPS) is 17.4. The topological polar surface area (TPSA) is 114 Å². The standard InChI is InChI=1S/C20H21N3O5S3/c1-3-31(27,28)23-12-14-7-5-4-6-13(14)10-17(23)19(24)22-20-21-16-9-8-15(30(2,25)26)11-18(16)29-20/h4-9,11,17H,3,10,12H2,1-2H3,(H,21,22,24). The molecular formula is C20H21N3O5S3. The number of fused-ring (bicyclic) bond motifs is 2. The van der Waals surface area contributed by atoms with Crippen molar-refractivity contribution in [2.75, 3.05) is 17.3 Å². The van der Waals surface area contributed by atoms with E-state index in [1.807, 2.05) is 24.3 Å². The third-order valence-corrected chi connectivity index (χ3v) is 9.12. The summed E-state index contributed by atoms with van der Waals surface area (Å²) in [6.45, 7) is 1.69. The van der Waals surface area contributed by atoms with Gasteiger partial charge in [0.25, 0.3) is 0 Å². The van der Waals surface area contributed by atoms with Crippen molar-refractivity contribution in [1.29, 1.82) is 0 Å². The van der Waals surface area contributed by atoms with Gasteiger partial charge in [0.05, 0.1) is 20.9 Å². The van der Waals surface area contributed by atoms with Gasteiger partial charge >= 0.3 is 0 Å². The smallest absolute Gasteiger partial charge is 0.244 e. The molecule has 1 amide bonds. The van der Waals surface area contributed by atoms with Crippen molar-refractivity contribution in [1.82, 2.24) is 9.29 Å². The Kier molecular flexibility index (Phi) is 5.63. The number of hydrogen-bond acceptors (Lipinski definition) is 7. The molecule has 0 spiro atoms. The molecule has 0 bridgehead atoms. The van der Waals surface area contributed by atoms with Gasteiger partial charge in [0.1, 0.15) is 6.04 Å². The molecule has 1 N–H and O–H groups in total. The van der Waals surface area contributed by atoms with Crippen molar-refractivity contribution in [3.05, 3.63) is 53.6 Å². The molecule has 2 heterocycles. The van der Waals surface area contributed by atoms with Crippen molar-refractivity contribution in [2.45, 2.75) is 30.8 Å². The van der Waals surface area contributed by atoms with Crippen LogP contribution in [0, 0.1) is 0 Å². The highest BCUT2D eigenvalue weighted by Gasteiger charge is 2.38. The van der Waals surface area contributed by atoms with Gasteiger partial charge in [-0.15, -0.1) is 0 Å². The van der Waals surface area contributed by atoms with E-state index in [9.17, 15) is 21.6 Å². The second kappa shape index (κ2) is 7.97. The summed E-state index contributed by atoms with van der Waals surface area (Å²) < 4.78 is 50.8. The SMILES string of the molecule is CCS(=O)(=O)N1Cc2ccccc2CC1C(=O)Nc1nc2ccc(S(C)(=O)=O)cc2s1. The fraction of sp³-hybridized carbons (Fsp3) is 0.300. The van der Waals surface area contributed by atoms with Gasteiger partial charge < -0.3 is 5.32 Å². The van der Waals surface area contributed by atoms with Crippen LogP contribution in [0.1, 0.15) is 18.1 Å². The Morgan fingerprint density at radius 2 is 1.87 bits per heavy atom. The average molecular weight is 480 g/mol. The number of hydrogen-bond donors (Lipinski definition) is 1. The Balaban J connectivity index is 1.64. The van der Waals surface area contributed by atoms with Crippen LogP contribution in [0.2, 0.25) is 0 Å². The van der Waals surface area contributed by atoms with Crippen LogP contribution in [0.5, 0.6) is 0 Å². The van der Waals surface area contributed by atoms with Crippen molar-refractivity contribution in [3.63, 3.8) is 0 Å². The Morgan fingerprint density at radius 3 is 2.55 bits per heavy atom. The number of anilines is 1. The van der Waals surface area contributed by atoms with Crippen molar-refractivity contribution in [2.24, 2.45) is 0 Å². The number of nitrogens with zero attached hydrogens (tertiary/aromatic N) is 2. The summed E-state index contributed by atoms with van der Waals surface area (Å²) in [4.78, 5) is 17.6. The first-order chi connectivity index (χ1) is 14.6. The minimum absolute atomic E-state index is 0.103. The highest BCUT2D eigenvalue weighted by molar-refractivity contribution is 7.90. The van der Waals surface area contributed by atoms with Crippen LogP contribution in [0.15, 0.2) is 47.4 Å². The molecule has 31 heavy (non-hydrogen) atoms. The second-order valence-electron chi connectivity index (χ2n) is 7.34. The predicted molar refractivity (Wildman–Crippen MR) is 120 cm³/mol. The van der Waals surface area contributed by atoms with Crippen LogP contribution in [0.25, 0.3) is 10.2 Å². The average Bonchev–Trinajstić information content (AvgIpc) is 3.13. The van der Waals surface area contributed by atoms with Crippen molar-refractivity contribution >= 4 is 52.5 Å². The lowest BCUT2D eigenvalue weighted by molar-refractivity contribution is -0.120. The predicted octanol–water partition coefficient (Wildman–Crippen LogP) is 2.41. The molecule has 8 nitrogen and oxygen atoms in total. The van der Waals surface area contributed by atoms with Gasteiger partial charge in [-0.2, -0.15) is 4.31 Å². The number of sulfone groups is 1. The number of rotatable bonds is 5. The number of carbonyl (C=O) groups is 1. The number of benzene rings is 2. The molecule has 1 aliphatic rings. The number of aromatic nitrogens is 1. The minimum Gasteiger partial charge on any atom is -0.301 e. The molecule has 4 rings (SSSR count). The van der Waals surface area contributed by atoms with E-state index in [-0.39, 0.29) is 23.6 Å². The van der Waals surface area contributed by atoms with E-state index < -0.39 is 31.8 Å². The van der Waals surface area contributed by atoms with Crippen LogP contribution in [0.4, 0.5) is 5.13 Å². The fourth-order valence-corrected chi connectivity index (χ4v) is 6.41. The van der Waals surface area contributed by atoms with Gasteiger partial charge in [0.2, 0.25) is 15.9 Å². The summed E-state index contributed by atoms with van der Waals surface area (Å²) in [5.74, 6) is -0.567. The summed E-state index contributed by atoms with van der Waals surface area (Å²) >= 11 is 1.14. The highest BCUT2D eigenvalue weighted by atomic mass is 32.2. The quantitative estimate of drug-likeness (QED) is 0.601. The fourth-order valence-electron chi connectivity index (χ4n) is 3.56. The molecule has 11 heteroatoms. The van der Waals surface area contributed by atoms with E-state index >= 15 is 0 Å². The number of carbonyl (C=O) groups excluding carboxylic acids is 1. The summed E-state index contributed by atoms with van der Waals surface area (Å²) in [5.41, 5.74) is 2.38. The van der Waals surface area contributed by atoms with Crippen LogP contribution in [0.3, 0.4) is 0 Å². The van der Waals surface area contributed by atoms with Crippen LogP contribution in [-0.2, 0) is 37.6 Å². The number of nitrogens with one attached hydrogen (secondary N) is 1. The first-order valence-electron chi connectivity index (χ1n) is 9.56. The second-order valence-corrected chi connectivity index (χ2v) is 12.6. The Hall–Kier alpha value is -2.34. The van der Waals surface area contributed by atoms with Gasteiger partial charge in [-0.25, -0.2) is 21.8 Å². The van der Waals surface area contributed by atoms with Crippen LogP contribution in [-0.4, -0.2) is 50.1 Å². The highest BCUT2D eigenvalue weighted by Crippen LogP contribution is 2.30. The van der Waals surface area contributed by atoms with Gasteiger partial charge in [0.15, 0.2) is 15.0 Å². The molecule has 0 saturated heterocycles. The van der Waals surface area contributed by atoms with Crippen molar-refractivity contribution < 1.29 is 21.6 Å². The third-order valence-electron chi connectivity index (χ3n) is 5.25. The minimum atomic E-state index is -3.61. The molecule has 1 atom stereocenters. The van der Waals surface area contributed by atoms with Gasteiger partial charge in [-0.3, -0.25) is 4.79 Å². The maximum absolute atomic E-state index is 13.1. The lowest BCUT2D eigenvalue weighted by Gasteiger charge is -2.34. The van der Waals surface area contributed by atoms with Gasteiger partial charge in [-0.1, -0.05) is 35.6 Å². The van der Waals surface area contributed by atoms with Crippen molar-refractivity contribution in [3.8, 4) is 0 Å².